The van der Waals surface area contributed by atoms with Gasteiger partial charge >= 0.3 is 5.97 Å². The van der Waals surface area contributed by atoms with Gasteiger partial charge in [0.1, 0.15) is 0 Å². The summed E-state index contributed by atoms with van der Waals surface area (Å²) in [6, 6.07) is 0. The van der Waals surface area contributed by atoms with Crippen LogP contribution in [0.15, 0.2) is 0 Å². The lowest BCUT2D eigenvalue weighted by Gasteiger charge is -2.63. The first-order valence-electron chi connectivity index (χ1n) is 13.6. The third-order valence-electron chi connectivity index (χ3n) is 10.7. The zero-order valence-electron chi connectivity index (χ0n) is 21.9. The fourth-order valence-electron chi connectivity index (χ4n) is 8.83. The van der Waals surface area contributed by atoms with Gasteiger partial charge in [-0.25, -0.2) is 0 Å². The Morgan fingerprint density at radius 3 is 2.28 bits per heavy atom. The Morgan fingerprint density at radius 2 is 1.72 bits per heavy atom. The van der Waals surface area contributed by atoms with Gasteiger partial charge in [-0.2, -0.15) is 8.42 Å². The molecule has 0 aromatic rings. The van der Waals surface area contributed by atoms with Crippen molar-refractivity contribution in [2.24, 2.45) is 52.1 Å². The van der Waals surface area contributed by atoms with Gasteiger partial charge < -0.3 is 26.2 Å². The van der Waals surface area contributed by atoms with Gasteiger partial charge in [0.15, 0.2) is 0 Å². The molecule has 0 bridgehead atoms. The van der Waals surface area contributed by atoms with Crippen LogP contribution in [-0.2, 0) is 14.9 Å². The summed E-state index contributed by atoms with van der Waals surface area (Å²) in [4.78, 5) is 11.1. The molecule has 0 aromatic carbocycles. The summed E-state index contributed by atoms with van der Waals surface area (Å²) >= 11 is 0. The molecule has 10 heteroatoms. The molecule has 0 heterocycles. The number of hydrogen-bond donors (Lipinski definition) is 6. The summed E-state index contributed by atoms with van der Waals surface area (Å²) in [6.07, 6.45) is 6.00. The fourth-order valence-corrected chi connectivity index (χ4v) is 9.13. The zero-order valence-corrected chi connectivity index (χ0v) is 22.7. The second kappa shape index (κ2) is 11.1. The van der Waals surface area contributed by atoms with Gasteiger partial charge in [-0.3, -0.25) is 9.35 Å². The molecule has 4 saturated carbocycles. The predicted octanol–water partition coefficient (Wildman–Crippen LogP) is 2.28. The van der Waals surface area contributed by atoms with E-state index in [-0.39, 0.29) is 53.6 Å². The molecule has 0 saturated heterocycles. The molecule has 4 rings (SSSR count). The number of rotatable bonds is 6. The number of fused-ring (bicyclic) bond motifs is 5. The van der Waals surface area contributed by atoms with Crippen LogP contribution in [0.1, 0.15) is 78.6 Å². The number of carboxylic acids is 1. The average molecular weight is 534 g/mol. The van der Waals surface area contributed by atoms with Gasteiger partial charge in [0.25, 0.3) is 10.1 Å². The van der Waals surface area contributed by atoms with Gasteiger partial charge in [-0.05, 0) is 97.7 Å². The van der Waals surface area contributed by atoms with Crippen molar-refractivity contribution in [3.8, 4) is 0 Å². The molecular weight excluding hydrogens is 486 g/mol. The maximum Gasteiger partial charge on any atom is 0.303 e. The Kier molecular flexibility index (Phi) is 9.21. The minimum atomic E-state index is -3.80. The molecule has 210 valence electrons. The maximum atomic E-state index is 11.5. The molecule has 11 atom stereocenters. The van der Waals surface area contributed by atoms with E-state index in [0.29, 0.717) is 30.1 Å². The molecule has 0 radical (unpaired) electrons. The van der Waals surface area contributed by atoms with E-state index in [2.05, 4.69) is 20.8 Å². The number of nitrogens with two attached hydrogens (primary N) is 1. The number of aliphatic hydroxyl groups excluding tert-OH is 3. The molecule has 0 spiro atoms. The lowest BCUT2D eigenvalue weighted by molar-refractivity contribution is -0.207. The first-order valence-corrected chi connectivity index (χ1v) is 15.2. The van der Waals surface area contributed by atoms with Crippen LogP contribution < -0.4 is 5.73 Å². The van der Waals surface area contributed by atoms with Crippen LogP contribution in [0.5, 0.6) is 0 Å². The van der Waals surface area contributed by atoms with E-state index < -0.39 is 22.2 Å². The lowest BCUT2D eigenvalue weighted by Crippen LogP contribution is -2.62. The van der Waals surface area contributed by atoms with E-state index in [4.69, 9.17) is 15.4 Å². The number of carbonyl (C=O) groups is 1. The summed E-state index contributed by atoms with van der Waals surface area (Å²) in [5.74, 6) is 0.643. The van der Waals surface area contributed by atoms with Crippen LogP contribution in [0.4, 0.5) is 0 Å². The van der Waals surface area contributed by atoms with E-state index in [9.17, 15) is 28.5 Å². The third-order valence-corrected chi connectivity index (χ3v) is 11.5. The smallest absolute Gasteiger partial charge is 0.303 e. The van der Waals surface area contributed by atoms with E-state index in [1.54, 1.807) is 0 Å². The number of hydrogen-bond acceptors (Lipinski definition) is 7. The first-order chi connectivity index (χ1) is 16.6. The standard InChI is InChI=1S/C24H40O5.C2H7NO3S/c1-13(4-7-21(28)29)16-5-6-17-22-18(12-20(27)24(16,17)3)23(2)9-8-15(25)10-14(23)11-19(22)26;3-1-2-7(4,5)6/h13-20,22,25-27H,4-12H2,1-3H3,(H,28,29);1-3H2,(H,4,5,6)/t13-,14+,15-,16-,17+,18+,19-,20+,22+,23+,24-;/m1./s1. The average Bonchev–Trinajstić information content (AvgIpc) is 3.12. The SMILES string of the molecule is C[C@H](CCC(=O)O)[C@H]1CC[C@H]2[C@@H]3[C@H](O)C[C@@H]4C[C@H](O)CC[C@]4(C)[C@H]3C[C@H](O)[C@]12C.NCCS(=O)(=O)O. The largest absolute Gasteiger partial charge is 0.481 e. The Hall–Kier alpha value is -0.780. The molecule has 0 aliphatic heterocycles. The molecule has 7 N–H and O–H groups in total. The summed E-state index contributed by atoms with van der Waals surface area (Å²) in [7, 11) is -3.80. The lowest BCUT2D eigenvalue weighted by atomic mass is 9.43. The van der Waals surface area contributed by atoms with Crippen LogP contribution in [-0.4, -0.2) is 70.0 Å². The van der Waals surface area contributed by atoms with Gasteiger partial charge in [0, 0.05) is 13.0 Å². The van der Waals surface area contributed by atoms with E-state index in [1.807, 2.05) is 0 Å². The quantitative estimate of drug-likeness (QED) is 0.279. The molecule has 4 fully saturated rings. The van der Waals surface area contributed by atoms with Crippen molar-refractivity contribution in [2.45, 2.75) is 96.9 Å². The van der Waals surface area contributed by atoms with Crippen molar-refractivity contribution in [1.29, 1.82) is 0 Å². The Morgan fingerprint density at radius 1 is 1.06 bits per heavy atom. The zero-order chi connectivity index (χ0) is 27.1. The summed E-state index contributed by atoms with van der Waals surface area (Å²) in [5, 5.41) is 42.0. The molecule has 0 aromatic heterocycles. The highest BCUT2D eigenvalue weighted by Crippen LogP contribution is 2.68. The van der Waals surface area contributed by atoms with Gasteiger partial charge in [-0.1, -0.05) is 20.8 Å². The van der Waals surface area contributed by atoms with Crippen molar-refractivity contribution in [3.05, 3.63) is 0 Å². The minimum Gasteiger partial charge on any atom is -0.481 e. The first kappa shape index (κ1) is 29.8. The normalized spacial score (nSPS) is 44.9. The van der Waals surface area contributed by atoms with Crippen LogP contribution in [0.25, 0.3) is 0 Å². The minimum absolute atomic E-state index is 0.0289. The number of aliphatic hydroxyl groups is 3. The topological polar surface area (TPSA) is 178 Å². The van der Waals surface area contributed by atoms with Gasteiger partial charge in [0.05, 0.1) is 24.1 Å². The van der Waals surface area contributed by atoms with Crippen molar-refractivity contribution in [1.82, 2.24) is 0 Å². The monoisotopic (exact) mass is 533 g/mol. The Bertz CT molecular complexity index is 883. The highest BCUT2D eigenvalue weighted by atomic mass is 32.2. The molecule has 4 aliphatic rings. The second-order valence-electron chi connectivity index (χ2n) is 12.5. The van der Waals surface area contributed by atoms with E-state index >= 15 is 0 Å². The molecule has 36 heavy (non-hydrogen) atoms. The molecular formula is C26H47NO8S. The predicted molar refractivity (Wildman–Crippen MR) is 136 cm³/mol. The van der Waals surface area contributed by atoms with Crippen molar-refractivity contribution >= 4 is 16.1 Å². The molecule has 0 unspecified atom stereocenters. The molecule has 0 amide bonds. The third kappa shape index (κ3) is 5.78. The highest BCUT2D eigenvalue weighted by molar-refractivity contribution is 7.85. The van der Waals surface area contributed by atoms with Gasteiger partial charge in [-0.15, -0.1) is 0 Å². The number of aliphatic carboxylic acids is 1. The molecule has 4 aliphatic carbocycles. The fraction of sp³-hybridized carbons (Fsp3) is 0.962. The van der Waals surface area contributed by atoms with Crippen molar-refractivity contribution < 1.29 is 38.2 Å². The van der Waals surface area contributed by atoms with Crippen LogP contribution in [0.3, 0.4) is 0 Å². The second-order valence-corrected chi connectivity index (χ2v) is 14.1. The van der Waals surface area contributed by atoms with Crippen LogP contribution in [0.2, 0.25) is 0 Å². The summed E-state index contributed by atoms with van der Waals surface area (Å²) in [6.45, 7) is 6.69. The Balaban J connectivity index is 0.000000454. The maximum absolute atomic E-state index is 11.5. The highest BCUT2D eigenvalue weighted by Gasteiger charge is 2.65. The summed E-state index contributed by atoms with van der Waals surface area (Å²) < 4.78 is 27.3. The van der Waals surface area contributed by atoms with Gasteiger partial charge in [0.2, 0.25) is 0 Å². The Labute approximate surface area is 215 Å². The van der Waals surface area contributed by atoms with Crippen LogP contribution >= 0.6 is 0 Å². The van der Waals surface area contributed by atoms with Crippen molar-refractivity contribution in [3.63, 3.8) is 0 Å². The number of carboxylic acid groups (broad SMARTS) is 1. The molecule has 9 nitrogen and oxygen atoms in total. The van der Waals surface area contributed by atoms with Crippen molar-refractivity contribution in [2.75, 3.05) is 12.3 Å². The van der Waals surface area contributed by atoms with E-state index in [1.165, 1.54) is 0 Å². The van der Waals surface area contributed by atoms with Crippen LogP contribution in [0, 0.1) is 46.3 Å². The summed E-state index contributed by atoms with van der Waals surface area (Å²) in [5.41, 5.74) is 4.63. The van der Waals surface area contributed by atoms with E-state index in [0.717, 1.165) is 44.9 Å².